The van der Waals surface area contributed by atoms with E-state index < -0.39 is 0 Å². The van der Waals surface area contributed by atoms with Gasteiger partial charge in [-0.1, -0.05) is 60.5 Å². The van der Waals surface area contributed by atoms with E-state index in [0.717, 1.165) is 5.69 Å². The first-order valence-corrected chi connectivity index (χ1v) is 6.59. The Labute approximate surface area is 133 Å². The molecule has 0 aliphatic heterocycles. The van der Waals surface area contributed by atoms with E-state index in [1.165, 1.54) is 27.5 Å². The maximum atomic E-state index is 4.57. The van der Waals surface area contributed by atoms with Crippen molar-refractivity contribution >= 4 is 10.8 Å². The van der Waals surface area contributed by atoms with Crippen molar-refractivity contribution in [2.45, 2.75) is 19.3 Å². The molecule has 1 heterocycles. The number of benzene rings is 2. The van der Waals surface area contributed by atoms with Gasteiger partial charge in [-0.05, 0) is 17.2 Å². The molecule has 20 heavy (non-hydrogen) atoms. The standard InChI is InChI=1S/C18H14N.Pt/c1-18(2)15-8-5-11-19-17(15)14-10-9-12-6-3-4-7-13(12)16(14)18;/h3-9,11H,1-2H3;/q-1;. The van der Waals surface area contributed by atoms with Crippen LogP contribution in [0.15, 0.2) is 48.7 Å². The minimum Gasteiger partial charge on any atom is -0.304 e. The van der Waals surface area contributed by atoms with Gasteiger partial charge in [0.25, 0.3) is 0 Å². The summed E-state index contributed by atoms with van der Waals surface area (Å²) in [6.45, 7) is 4.55. The fourth-order valence-corrected chi connectivity index (χ4v) is 3.29. The zero-order valence-corrected chi connectivity index (χ0v) is 13.7. The number of pyridine rings is 1. The maximum absolute atomic E-state index is 4.57. The average molecular weight is 439 g/mol. The summed E-state index contributed by atoms with van der Waals surface area (Å²) >= 11 is 0. The second kappa shape index (κ2) is 4.53. The number of hydrogen-bond donors (Lipinski definition) is 0. The smallest absolute Gasteiger partial charge is 0.0160 e. The Kier molecular flexibility index (Phi) is 3.06. The molecule has 0 fully saturated rings. The maximum Gasteiger partial charge on any atom is 0.0160 e. The van der Waals surface area contributed by atoms with Crippen molar-refractivity contribution in [2.75, 3.05) is 0 Å². The summed E-state index contributed by atoms with van der Waals surface area (Å²) in [7, 11) is 0. The third-order valence-electron chi connectivity index (χ3n) is 4.19. The molecule has 0 bridgehead atoms. The first-order chi connectivity index (χ1) is 9.19. The van der Waals surface area contributed by atoms with Crippen LogP contribution in [0.4, 0.5) is 0 Å². The van der Waals surface area contributed by atoms with E-state index in [1.54, 1.807) is 0 Å². The number of nitrogens with zero attached hydrogens (tertiary/aromatic N) is 1. The number of fused-ring (bicyclic) bond motifs is 5. The molecular weight excluding hydrogens is 425 g/mol. The first kappa shape index (κ1) is 13.5. The minimum absolute atomic E-state index is 0. The molecule has 0 saturated carbocycles. The molecule has 0 atom stereocenters. The molecule has 2 heteroatoms. The van der Waals surface area contributed by atoms with E-state index in [-0.39, 0.29) is 26.5 Å². The second-order valence-corrected chi connectivity index (χ2v) is 5.65. The van der Waals surface area contributed by atoms with Gasteiger partial charge in [-0.2, -0.15) is 0 Å². The van der Waals surface area contributed by atoms with E-state index in [9.17, 15) is 0 Å². The number of aromatic nitrogens is 1. The predicted molar refractivity (Wildman–Crippen MR) is 78.1 cm³/mol. The molecule has 0 spiro atoms. The van der Waals surface area contributed by atoms with Crippen molar-refractivity contribution in [1.29, 1.82) is 0 Å². The molecule has 0 radical (unpaired) electrons. The topological polar surface area (TPSA) is 12.9 Å². The van der Waals surface area contributed by atoms with Gasteiger partial charge in [0, 0.05) is 27.3 Å². The molecule has 2 aromatic carbocycles. The molecule has 0 unspecified atom stereocenters. The van der Waals surface area contributed by atoms with Gasteiger partial charge in [-0.15, -0.1) is 23.3 Å². The van der Waals surface area contributed by atoms with E-state index in [0.29, 0.717) is 0 Å². The van der Waals surface area contributed by atoms with Crippen LogP contribution in [0.25, 0.3) is 22.0 Å². The summed E-state index contributed by atoms with van der Waals surface area (Å²) in [6, 6.07) is 18.3. The van der Waals surface area contributed by atoms with Crippen LogP contribution >= 0.6 is 0 Å². The fraction of sp³-hybridized carbons (Fsp3) is 0.167. The second-order valence-electron chi connectivity index (χ2n) is 5.65. The van der Waals surface area contributed by atoms with Crippen molar-refractivity contribution in [3.63, 3.8) is 0 Å². The molecule has 0 N–H and O–H groups in total. The van der Waals surface area contributed by atoms with Gasteiger partial charge >= 0.3 is 0 Å². The summed E-state index contributed by atoms with van der Waals surface area (Å²) in [6.07, 6.45) is 1.87. The summed E-state index contributed by atoms with van der Waals surface area (Å²) < 4.78 is 0. The average Bonchev–Trinajstić information content (AvgIpc) is 2.68. The third-order valence-corrected chi connectivity index (χ3v) is 4.19. The molecule has 1 nitrogen and oxygen atoms in total. The summed E-state index contributed by atoms with van der Waals surface area (Å²) in [5.41, 5.74) is 4.92. The van der Waals surface area contributed by atoms with Crippen LogP contribution in [0.1, 0.15) is 25.0 Å². The molecule has 102 valence electrons. The Balaban J connectivity index is 0.00000121. The van der Waals surface area contributed by atoms with Crippen molar-refractivity contribution in [2.24, 2.45) is 0 Å². The van der Waals surface area contributed by atoms with Crippen molar-refractivity contribution in [3.8, 4) is 11.3 Å². The molecule has 1 aliphatic rings. The molecular formula is C18H14NPt-. The Morgan fingerprint density at radius 2 is 1.85 bits per heavy atom. The Bertz CT molecular complexity index is 805. The van der Waals surface area contributed by atoms with Crippen LogP contribution in [0.2, 0.25) is 0 Å². The third kappa shape index (κ3) is 1.63. The van der Waals surface area contributed by atoms with Crippen LogP contribution in [-0.2, 0) is 26.5 Å². The number of hydrogen-bond acceptors (Lipinski definition) is 1. The Hall–Kier alpha value is -1.46. The van der Waals surface area contributed by atoms with Crippen LogP contribution in [0, 0.1) is 6.07 Å². The van der Waals surface area contributed by atoms with E-state index >= 15 is 0 Å². The Morgan fingerprint density at radius 1 is 1.05 bits per heavy atom. The first-order valence-electron chi connectivity index (χ1n) is 6.59. The molecule has 1 aromatic heterocycles. The Morgan fingerprint density at radius 3 is 2.70 bits per heavy atom. The van der Waals surface area contributed by atoms with Crippen molar-refractivity contribution in [1.82, 2.24) is 4.98 Å². The SMILES string of the molecule is CC1(C)c2cccnc2-c2[c-]cc3ccccc3c21.[Pt]. The summed E-state index contributed by atoms with van der Waals surface area (Å²) in [5, 5.41) is 2.57. The molecule has 0 amide bonds. The van der Waals surface area contributed by atoms with Gasteiger partial charge in [-0.3, -0.25) is 0 Å². The zero-order valence-electron chi connectivity index (χ0n) is 11.4. The van der Waals surface area contributed by atoms with E-state index in [2.05, 4.69) is 61.3 Å². The van der Waals surface area contributed by atoms with Gasteiger partial charge in [0.1, 0.15) is 0 Å². The summed E-state index contributed by atoms with van der Waals surface area (Å²) in [4.78, 5) is 4.57. The van der Waals surface area contributed by atoms with Gasteiger partial charge in [0.15, 0.2) is 0 Å². The van der Waals surface area contributed by atoms with Gasteiger partial charge < -0.3 is 4.98 Å². The van der Waals surface area contributed by atoms with Crippen molar-refractivity contribution < 1.29 is 21.1 Å². The zero-order chi connectivity index (χ0) is 13.0. The van der Waals surface area contributed by atoms with Gasteiger partial charge in [-0.25, -0.2) is 0 Å². The largest absolute Gasteiger partial charge is 0.304 e. The molecule has 3 aromatic rings. The fourth-order valence-electron chi connectivity index (χ4n) is 3.29. The molecule has 1 aliphatic carbocycles. The monoisotopic (exact) mass is 439 g/mol. The van der Waals surface area contributed by atoms with E-state index in [4.69, 9.17) is 0 Å². The predicted octanol–water partition coefficient (Wildman–Crippen LogP) is 4.34. The van der Waals surface area contributed by atoms with Crippen LogP contribution in [-0.4, -0.2) is 4.98 Å². The van der Waals surface area contributed by atoms with Gasteiger partial charge in [0.2, 0.25) is 0 Å². The summed E-state index contributed by atoms with van der Waals surface area (Å²) in [5.74, 6) is 0. The minimum atomic E-state index is -0.00368. The molecule has 0 saturated heterocycles. The molecule has 4 rings (SSSR count). The number of rotatable bonds is 0. The van der Waals surface area contributed by atoms with E-state index in [1.807, 2.05) is 12.3 Å². The normalized spacial score (nSPS) is 14.5. The van der Waals surface area contributed by atoms with Crippen LogP contribution in [0.5, 0.6) is 0 Å². The van der Waals surface area contributed by atoms with Gasteiger partial charge in [0.05, 0.1) is 0 Å². The quantitative estimate of drug-likeness (QED) is 0.475. The van der Waals surface area contributed by atoms with Crippen molar-refractivity contribution in [3.05, 3.63) is 65.9 Å². The van der Waals surface area contributed by atoms with Crippen LogP contribution in [0.3, 0.4) is 0 Å². The van der Waals surface area contributed by atoms with Crippen LogP contribution < -0.4 is 0 Å².